The Balaban J connectivity index is 2.47. The Hall–Kier alpha value is -1.64. The van der Waals surface area contributed by atoms with Crippen LogP contribution in [0, 0.1) is 0 Å². The third-order valence-corrected chi connectivity index (χ3v) is 5.50. The number of carbonyl (C=O) groups is 2. The standard InChI is InChI=1S/C12H12ClNO6S/c13-9-4-3-7(6-8(9)11(15)16)21(19,20)14-5-1-2-10(14)12(17)18/h3-4,6,10H,1-2,5H2,(H,15,16)(H,17,18)/t10-/m0/s1. The van der Waals surface area contributed by atoms with Crippen molar-refractivity contribution in [2.45, 2.75) is 23.8 Å². The van der Waals surface area contributed by atoms with Crippen LogP contribution in [0.5, 0.6) is 0 Å². The first kappa shape index (κ1) is 15.7. The summed E-state index contributed by atoms with van der Waals surface area (Å²) in [6.07, 6.45) is 0.670. The van der Waals surface area contributed by atoms with Crippen LogP contribution in [-0.2, 0) is 14.8 Å². The van der Waals surface area contributed by atoms with Gasteiger partial charge in [-0.15, -0.1) is 0 Å². The van der Waals surface area contributed by atoms with E-state index in [-0.39, 0.29) is 28.4 Å². The molecule has 1 fully saturated rings. The molecule has 0 aromatic heterocycles. The number of hydrogen-bond donors (Lipinski definition) is 2. The fourth-order valence-electron chi connectivity index (χ4n) is 2.24. The molecule has 114 valence electrons. The quantitative estimate of drug-likeness (QED) is 0.858. The first-order valence-electron chi connectivity index (χ1n) is 6.02. The van der Waals surface area contributed by atoms with Crippen LogP contribution in [-0.4, -0.2) is 47.5 Å². The molecule has 1 aromatic rings. The van der Waals surface area contributed by atoms with E-state index in [2.05, 4.69) is 0 Å². The number of hydrogen-bond acceptors (Lipinski definition) is 4. The molecule has 1 aliphatic heterocycles. The largest absolute Gasteiger partial charge is 0.480 e. The summed E-state index contributed by atoms with van der Waals surface area (Å²) in [5.41, 5.74) is -0.344. The lowest BCUT2D eigenvalue weighted by molar-refractivity contribution is -0.140. The van der Waals surface area contributed by atoms with Gasteiger partial charge < -0.3 is 10.2 Å². The summed E-state index contributed by atoms with van der Waals surface area (Å²) in [5, 5.41) is 17.9. The van der Waals surface area contributed by atoms with Crippen molar-refractivity contribution in [3.8, 4) is 0 Å². The smallest absolute Gasteiger partial charge is 0.337 e. The number of halogens is 1. The summed E-state index contributed by atoms with van der Waals surface area (Å²) in [7, 11) is -4.08. The number of carboxylic acid groups (broad SMARTS) is 2. The maximum Gasteiger partial charge on any atom is 0.337 e. The Kier molecular flexibility index (Phi) is 4.22. The number of benzene rings is 1. The van der Waals surface area contributed by atoms with Crippen molar-refractivity contribution in [1.82, 2.24) is 4.31 Å². The van der Waals surface area contributed by atoms with Gasteiger partial charge in [-0.2, -0.15) is 4.31 Å². The highest BCUT2D eigenvalue weighted by molar-refractivity contribution is 7.89. The molecule has 0 bridgehead atoms. The molecule has 7 nitrogen and oxygen atoms in total. The van der Waals surface area contributed by atoms with E-state index < -0.39 is 28.0 Å². The van der Waals surface area contributed by atoms with Gasteiger partial charge in [-0.3, -0.25) is 4.79 Å². The van der Waals surface area contributed by atoms with Gasteiger partial charge in [0, 0.05) is 6.54 Å². The highest BCUT2D eigenvalue weighted by Crippen LogP contribution is 2.28. The van der Waals surface area contributed by atoms with Crippen LogP contribution < -0.4 is 0 Å². The number of carboxylic acids is 2. The van der Waals surface area contributed by atoms with Gasteiger partial charge in [-0.1, -0.05) is 11.6 Å². The zero-order valence-corrected chi connectivity index (χ0v) is 12.3. The Morgan fingerprint density at radius 1 is 1.29 bits per heavy atom. The lowest BCUT2D eigenvalue weighted by Crippen LogP contribution is -2.40. The molecule has 0 amide bonds. The Morgan fingerprint density at radius 3 is 2.52 bits per heavy atom. The predicted octanol–water partition coefficient (Wildman–Crippen LogP) is 1.28. The molecule has 9 heteroatoms. The normalized spacial score (nSPS) is 19.6. The summed E-state index contributed by atoms with van der Waals surface area (Å²) < 4.78 is 25.8. The number of rotatable bonds is 4. The molecular weight excluding hydrogens is 322 g/mol. The van der Waals surface area contributed by atoms with Gasteiger partial charge in [0.15, 0.2) is 0 Å². The minimum Gasteiger partial charge on any atom is -0.480 e. The van der Waals surface area contributed by atoms with E-state index in [9.17, 15) is 18.0 Å². The third kappa shape index (κ3) is 2.87. The van der Waals surface area contributed by atoms with Gasteiger partial charge in [0.25, 0.3) is 0 Å². The van der Waals surface area contributed by atoms with Crippen LogP contribution >= 0.6 is 11.6 Å². The van der Waals surface area contributed by atoms with Crippen molar-refractivity contribution >= 4 is 33.6 Å². The molecule has 2 rings (SSSR count). The molecule has 1 saturated heterocycles. The second-order valence-corrected chi connectivity index (χ2v) is 6.86. The number of sulfonamides is 1. The fraction of sp³-hybridized carbons (Fsp3) is 0.333. The Labute approximate surface area is 125 Å². The molecule has 1 aromatic carbocycles. The number of aliphatic carboxylic acids is 1. The van der Waals surface area contributed by atoms with Crippen LogP contribution in [0.4, 0.5) is 0 Å². The maximum absolute atomic E-state index is 12.5. The Bertz CT molecular complexity index is 702. The van der Waals surface area contributed by atoms with E-state index in [0.29, 0.717) is 6.42 Å². The van der Waals surface area contributed by atoms with Crippen LogP contribution in [0.2, 0.25) is 5.02 Å². The molecule has 1 aliphatic rings. The molecular formula is C12H12ClNO6S. The van der Waals surface area contributed by atoms with E-state index in [4.69, 9.17) is 21.8 Å². The van der Waals surface area contributed by atoms with Gasteiger partial charge >= 0.3 is 11.9 Å². The topological polar surface area (TPSA) is 112 Å². The Morgan fingerprint density at radius 2 is 1.95 bits per heavy atom. The maximum atomic E-state index is 12.5. The lowest BCUT2D eigenvalue weighted by Gasteiger charge is -2.21. The first-order chi connectivity index (χ1) is 9.75. The summed E-state index contributed by atoms with van der Waals surface area (Å²) >= 11 is 5.70. The second-order valence-electron chi connectivity index (χ2n) is 4.56. The summed E-state index contributed by atoms with van der Waals surface area (Å²) in [6, 6.07) is 2.15. The second kappa shape index (κ2) is 5.63. The highest BCUT2D eigenvalue weighted by atomic mass is 35.5. The molecule has 21 heavy (non-hydrogen) atoms. The molecule has 0 unspecified atom stereocenters. The van der Waals surface area contributed by atoms with Gasteiger partial charge in [-0.25, -0.2) is 13.2 Å². The number of nitrogens with zero attached hydrogens (tertiary/aromatic N) is 1. The minimum absolute atomic E-state index is 0.0855. The van der Waals surface area contributed by atoms with Crippen molar-refractivity contribution < 1.29 is 28.2 Å². The van der Waals surface area contributed by atoms with E-state index in [1.165, 1.54) is 12.1 Å². The van der Waals surface area contributed by atoms with Crippen molar-refractivity contribution in [2.75, 3.05) is 6.54 Å². The van der Waals surface area contributed by atoms with Crippen LogP contribution in [0.25, 0.3) is 0 Å². The van der Waals surface area contributed by atoms with Gasteiger partial charge in [0.1, 0.15) is 6.04 Å². The molecule has 0 aliphatic carbocycles. The van der Waals surface area contributed by atoms with Gasteiger partial charge in [0.2, 0.25) is 10.0 Å². The summed E-state index contributed by atoms with van der Waals surface area (Å²) in [5.74, 6) is -2.57. The van der Waals surface area contributed by atoms with E-state index in [0.717, 1.165) is 10.4 Å². The zero-order chi connectivity index (χ0) is 15.8. The first-order valence-corrected chi connectivity index (χ1v) is 7.84. The molecule has 0 spiro atoms. The molecule has 0 saturated carbocycles. The van der Waals surface area contributed by atoms with Gasteiger partial charge in [-0.05, 0) is 31.0 Å². The van der Waals surface area contributed by atoms with Crippen molar-refractivity contribution in [1.29, 1.82) is 0 Å². The van der Waals surface area contributed by atoms with Crippen LogP contribution in [0.15, 0.2) is 23.1 Å². The monoisotopic (exact) mass is 333 g/mol. The van der Waals surface area contributed by atoms with E-state index >= 15 is 0 Å². The average molecular weight is 334 g/mol. The number of aromatic carboxylic acids is 1. The molecule has 2 N–H and O–H groups in total. The van der Waals surface area contributed by atoms with Crippen molar-refractivity contribution in [2.24, 2.45) is 0 Å². The molecule has 0 radical (unpaired) electrons. The summed E-state index contributed by atoms with van der Waals surface area (Å²) in [6.45, 7) is 0.0876. The fourth-order valence-corrected chi connectivity index (χ4v) is 4.11. The average Bonchev–Trinajstić information content (AvgIpc) is 2.88. The predicted molar refractivity (Wildman–Crippen MR) is 73.0 cm³/mol. The zero-order valence-electron chi connectivity index (χ0n) is 10.7. The van der Waals surface area contributed by atoms with Crippen molar-refractivity contribution in [3.63, 3.8) is 0 Å². The highest BCUT2D eigenvalue weighted by Gasteiger charge is 2.39. The third-order valence-electron chi connectivity index (χ3n) is 3.26. The van der Waals surface area contributed by atoms with Gasteiger partial charge in [0.05, 0.1) is 15.5 Å². The molecule has 1 heterocycles. The van der Waals surface area contributed by atoms with E-state index in [1.54, 1.807) is 0 Å². The molecule has 1 atom stereocenters. The van der Waals surface area contributed by atoms with Crippen LogP contribution in [0.3, 0.4) is 0 Å². The van der Waals surface area contributed by atoms with E-state index in [1.807, 2.05) is 0 Å². The minimum atomic E-state index is -4.08. The SMILES string of the molecule is O=C(O)c1cc(S(=O)(=O)N2CCC[C@H]2C(=O)O)ccc1Cl. The van der Waals surface area contributed by atoms with Crippen molar-refractivity contribution in [3.05, 3.63) is 28.8 Å². The summed E-state index contributed by atoms with van der Waals surface area (Å²) in [4.78, 5) is 21.8. The van der Waals surface area contributed by atoms with Crippen LogP contribution in [0.1, 0.15) is 23.2 Å². The lowest BCUT2D eigenvalue weighted by atomic mass is 10.2.